The molecule has 5 heteroatoms. The summed E-state index contributed by atoms with van der Waals surface area (Å²) in [5, 5.41) is 0.201. The van der Waals surface area contributed by atoms with Gasteiger partial charge in [-0.2, -0.15) is 0 Å². The van der Waals surface area contributed by atoms with Crippen LogP contribution in [0.3, 0.4) is 0 Å². The molecule has 0 aromatic carbocycles. The van der Waals surface area contributed by atoms with Crippen LogP contribution in [-0.4, -0.2) is 16.6 Å². The first-order chi connectivity index (χ1) is 6.59. The molecule has 0 N–H and O–H groups in total. The Kier molecular flexibility index (Phi) is 2.25. The molecule has 0 saturated carbocycles. The molecule has 14 heavy (non-hydrogen) atoms. The summed E-state index contributed by atoms with van der Waals surface area (Å²) in [7, 11) is 0. The van der Waals surface area contributed by atoms with Gasteiger partial charge >= 0.3 is 0 Å². The number of allylic oxidation sites excluding steroid dienone is 2. The first-order valence-electron chi connectivity index (χ1n) is 3.72. The minimum absolute atomic E-state index is 0.108. The van der Waals surface area contributed by atoms with Crippen molar-refractivity contribution in [1.29, 1.82) is 0 Å². The van der Waals surface area contributed by atoms with Gasteiger partial charge in [0.15, 0.2) is 5.78 Å². The van der Waals surface area contributed by atoms with Crippen LogP contribution in [0.15, 0.2) is 22.7 Å². The number of carbonyl (C=O) groups is 2. The number of pyridine rings is 1. The number of carbonyl (C=O) groups excluding carboxylic acids is 2. The largest absolute Gasteiger partial charge is 0.289 e. The molecule has 0 radical (unpaired) electrons. The summed E-state index contributed by atoms with van der Waals surface area (Å²) in [6, 6.07) is 2.99. The molecule has 0 spiro atoms. The molecule has 0 aliphatic heterocycles. The van der Waals surface area contributed by atoms with Crippen molar-refractivity contribution in [3.05, 3.63) is 39.1 Å². The normalized spacial score (nSPS) is 15.1. The van der Waals surface area contributed by atoms with Gasteiger partial charge in [-0.05, 0) is 28.1 Å². The third kappa shape index (κ3) is 1.40. The van der Waals surface area contributed by atoms with Gasteiger partial charge in [-0.3, -0.25) is 9.59 Å². The van der Waals surface area contributed by atoms with E-state index in [2.05, 4.69) is 20.9 Å². The fourth-order valence-corrected chi connectivity index (χ4v) is 1.72. The summed E-state index contributed by atoms with van der Waals surface area (Å²) in [6.45, 7) is 0. The summed E-state index contributed by atoms with van der Waals surface area (Å²) in [5.41, 5.74) is 0.402. The second-order valence-electron chi connectivity index (χ2n) is 2.72. The Bertz CT molecular complexity index is 482. The topological polar surface area (TPSA) is 47.0 Å². The molecule has 1 aromatic rings. The summed E-state index contributed by atoms with van der Waals surface area (Å²) in [5.74, 6) is -0.558. The maximum atomic E-state index is 11.5. The molecule has 0 bridgehead atoms. The molecule has 1 aromatic heterocycles. The van der Waals surface area contributed by atoms with Gasteiger partial charge in [0.05, 0.1) is 10.0 Å². The highest BCUT2D eigenvalue weighted by atomic mass is 79.9. The van der Waals surface area contributed by atoms with Crippen molar-refractivity contribution in [3.63, 3.8) is 0 Å². The van der Waals surface area contributed by atoms with Crippen molar-refractivity contribution >= 4 is 39.1 Å². The zero-order chi connectivity index (χ0) is 10.3. The van der Waals surface area contributed by atoms with Crippen LogP contribution in [0.1, 0.15) is 20.8 Å². The van der Waals surface area contributed by atoms with Gasteiger partial charge in [-0.15, -0.1) is 0 Å². The number of aromatic nitrogens is 1. The van der Waals surface area contributed by atoms with Gasteiger partial charge in [0.2, 0.25) is 5.78 Å². The lowest BCUT2D eigenvalue weighted by molar-refractivity contribution is 0.0988. The van der Waals surface area contributed by atoms with Crippen LogP contribution >= 0.6 is 27.5 Å². The number of hydrogen-bond acceptors (Lipinski definition) is 3. The fraction of sp³-hybridized carbons (Fsp3) is 0. The molecule has 0 amide bonds. The minimum Gasteiger partial charge on any atom is -0.289 e. The number of nitrogens with zero attached hydrogens (tertiary/aromatic N) is 1. The minimum atomic E-state index is -0.317. The average molecular weight is 272 g/mol. The lowest BCUT2D eigenvalue weighted by atomic mass is 10.0. The van der Waals surface area contributed by atoms with Crippen LogP contribution in [0.25, 0.3) is 0 Å². The highest BCUT2D eigenvalue weighted by Crippen LogP contribution is 2.24. The van der Waals surface area contributed by atoms with E-state index in [1.807, 2.05) is 0 Å². The number of fused-ring (bicyclic) bond motifs is 1. The van der Waals surface area contributed by atoms with Crippen LogP contribution in [-0.2, 0) is 0 Å². The van der Waals surface area contributed by atoms with Crippen LogP contribution in [0.4, 0.5) is 0 Å². The second-order valence-corrected chi connectivity index (χ2v) is 3.96. The Labute approximate surface area is 92.9 Å². The zero-order valence-electron chi connectivity index (χ0n) is 6.75. The Hall–Kier alpha value is -1.00. The molecule has 3 nitrogen and oxygen atoms in total. The number of hydrogen-bond donors (Lipinski definition) is 0. The van der Waals surface area contributed by atoms with Crippen LogP contribution in [0.2, 0.25) is 5.15 Å². The number of halogens is 2. The van der Waals surface area contributed by atoms with Crippen molar-refractivity contribution < 1.29 is 9.59 Å². The molecule has 0 unspecified atom stereocenters. The van der Waals surface area contributed by atoms with E-state index in [1.165, 1.54) is 18.2 Å². The van der Waals surface area contributed by atoms with E-state index in [9.17, 15) is 9.59 Å². The summed E-state index contributed by atoms with van der Waals surface area (Å²) in [4.78, 5) is 26.8. The average Bonchev–Trinajstić information content (AvgIpc) is 2.14. The Balaban J connectivity index is 2.69. The van der Waals surface area contributed by atoms with Gasteiger partial charge in [-0.25, -0.2) is 4.98 Å². The van der Waals surface area contributed by atoms with Crippen molar-refractivity contribution in [1.82, 2.24) is 4.98 Å². The predicted octanol–water partition coefficient (Wildman–Crippen LogP) is 2.39. The monoisotopic (exact) mass is 271 g/mol. The molecule has 0 atom stereocenters. The summed E-state index contributed by atoms with van der Waals surface area (Å²) >= 11 is 8.62. The number of Topliss-reactive ketones (excluding diaryl/α,β-unsaturated/α-hetero) is 1. The number of ketones is 2. The lowest BCUT2D eigenvalue weighted by Crippen LogP contribution is -2.16. The van der Waals surface area contributed by atoms with Crippen LogP contribution < -0.4 is 0 Å². The molecule has 1 heterocycles. The lowest BCUT2D eigenvalue weighted by Gasteiger charge is -2.09. The molecule has 1 aliphatic carbocycles. The van der Waals surface area contributed by atoms with E-state index in [0.29, 0.717) is 5.56 Å². The first-order valence-corrected chi connectivity index (χ1v) is 4.89. The van der Waals surface area contributed by atoms with E-state index >= 15 is 0 Å². The zero-order valence-corrected chi connectivity index (χ0v) is 9.09. The SMILES string of the molecule is O=C1C=C(Br)C(=O)c2nc(Cl)ccc21. The molecule has 1 aliphatic rings. The standard InChI is InChI=1S/C9H3BrClNO2/c10-5-3-6(13)4-1-2-7(11)12-8(4)9(5)14/h1-3H. The maximum absolute atomic E-state index is 11.5. The Morgan fingerprint density at radius 1 is 1.29 bits per heavy atom. The first kappa shape index (κ1) is 9.55. The third-order valence-electron chi connectivity index (χ3n) is 1.82. The smallest absolute Gasteiger partial charge is 0.219 e. The fourth-order valence-electron chi connectivity index (χ4n) is 1.18. The van der Waals surface area contributed by atoms with E-state index in [0.717, 1.165) is 0 Å². The highest BCUT2D eigenvalue weighted by Gasteiger charge is 2.25. The predicted molar refractivity (Wildman–Crippen MR) is 54.9 cm³/mol. The van der Waals surface area contributed by atoms with Crippen molar-refractivity contribution in [3.8, 4) is 0 Å². The van der Waals surface area contributed by atoms with E-state index in [-0.39, 0.29) is 26.9 Å². The van der Waals surface area contributed by atoms with Gasteiger partial charge in [-0.1, -0.05) is 11.6 Å². The Morgan fingerprint density at radius 3 is 2.71 bits per heavy atom. The number of rotatable bonds is 0. The molecule has 70 valence electrons. The maximum Gasteiger partial charge on any atom is 0.219 e. The van der Waals surface area contributed by atoms with Crippen molar-refractivity contribution in [2.75, 3.05) is 0 Å². The summed E-state index contributed by atoms with van der Waals surface area (Å²) < 4.78 is 0.213. The van der Waals surface area contributed by atoms with Gasteiger partial charge < -0.3 is 0 Å². The van der Waals surface area contributed by atoms with Gasteiger partial charge in [0.25, 0.3) is 0 Å². The summed E-state index contributed by atoms with van der Waals surface area (Å²) in [6.07, 6.45) is 1.24. The third-order valence-corrected chi connectivity index (χ3v) is 2.62. The van der Waals surface area contributed by atoms with E-state index in [4.69, 9.17) is 11.6 Å². The second kappa shape index (κ2) is 3.29. The van der Waals surface area contributed by atoms with E-state index < -0.39 is 0 Å². The quantitative estimate of drug-likeness (QED) is 0.681. The molecular weight excluding hydrogens is 269 g/mol. The molecular formula is C9H3BrClNO2. The van der Waals surface area contributed by atoms with Gasteiger partial charge in [0, 0.05) is 6.08 Å². The Morgan fingerprint density at radius 2 is 2.00 bits per heavy atom. The van der Waals surface area contributed by atoms with Crippen molar-refractivity contribution in [2.45, 2.75) is 0 Å². The van der Waals surface area contributed by atoms with Crippen LogP contribution in [0.5, 0.6) is 0 Å². The molecule has 0 saturated heterocycles. The van der Waals surface area contributed by atoms with E-state index in [1.54, 1.807) is 0 Å². The van der Waals surface area contributed by atoms with Crippen LogP contribution in [0, 0.1) is 0 Å². The molecule has 0 fully saturated rings. The highest BCUT2D eigenvalue weighted by molar-refractivity contribution is 9.12. The van der Waals surface area contributed by atoms with Crippen molar-refractivity contribution in [2.24, 2.45) is 0 Å². The van der Waals surface area contributed by atoms with Gasteiger partial charge in [0.1, 0.15) is 10.8 Å². The molecule has 2 rings (SSSR count).